The fraction of sp³-hybridized carbons (Fsp3) is 0.379. The van der Waals surface area contributed by atoms with Gasteiger partial charge in [-0.25, -0.2) is 9.97 Å². The van der Waals surface area contributed by atoms with Gasteiger partial charge in [-0.1, -0.05) is 18.7 Å². The first-order chi connectivity index (χ1) is 17.7. The number of piperidine rings is 1. The molecular formula is C29H38N8. The average molecular weight is 499 g/mol. The standard InChI is InChI=1S/C29H38N8/c1-19-13-20(2)15-24(14-19)33-28-32-17-23-18-37(10-7-26(23)34-28)29(4)8-11-36(12-9-29)21(3)22-5-6-27(35-31)25(30)16-22/h5-6,13-17,35H,3,7-12,18,30-31H2,1-2,4H3,(H,32,33,34). The summed E-state index contributed by atoms with van der Waals surface area (Å²) in [6, 6.07) is 12.3. The van der Waals surface area contributed by atoms with Crippen LogP contribution >= 0.6 is 0 Å². The van der Waals surface area contributed by atoms with Crippen LogP contribution < -0.4 is 22.3 Å². The predicted molar refractivity (Wildman–Crippen MR) is 152 cm³/mol. The van der Waals surface area contributed by atoms with E-state index in [1.54, 1.807) is 0 Å². The van der Waals surface area contributed by atoms with E-state index in [0.29, 0.717) is 11.6 Å². The van der Waals surface area contributed by atoms with Crippen LogP contribution in [0.2, 0.25) is 0 Å². The molecular weight excluding hydrogens is 460 g/mol. The van der Waals surface area contributed by atoms with E-state index in [2.05, 4.69) is 71.1 Å². The molecule has 1 aromatic heterocycles. The summed E-state index contributed by atoms with van der Waals surface area (Å²) in [5.74, 6) is 6.19. The summed E-state index contributed by atoms with van der Waals surface area (Å²) in [5, 5.41) is 3.39. The van der Waals surface area contributed by atoms with Gasteiger partial charge in [0.25, 0.3) is 0 Å². The number of nitrogen functional groups attached to an aromatic ring is 2. The van der Waals surface area contributed by atoms with Gasteiger partial charge in [-0.15, -0.1) is 0 Å². The lowest BCUT2D eigenvalue weighted by molar-refractivity contribution is 0.0378. The monoisotopic (exact) mass is 498 g/mol. The summed E-state index contributed by atoms with van der Waals surface area (Å²) in [4.78, 5) is 14.5. The molecule has 0 saturated carbocycles. The van der Waals surface area contributed by atoms with Crippen LogP contribution in [0.1, 0.15) is 47.7 Å². The van der Waals surface area contributed by atoms with Crippen molar-refractivity contribution < 1.29 is 0 Å². The highest BCUT2D eigenvalue weighted by Crippen LogP contribution is 2.35. The van der Waals surface area contributed by atoms with Crippen molar-refractivity contribution in [3.05, 3.63) is 77.1 Å². The van der Waals surface area contributed by atoms with Gasteiger partial charge in [0.1, 0.15) is 0 Å². The molecule has 0 spiro atoms. The van der Waals surface area contributed by atoms with Gasteiger partial charge in [-0.3, -0.25) is 10.7 Å². The van der Waals surface area contributed by atoms with Crippen LogP contribution in [0.15, 0.2) is 49.2 Å². The van der Waals surface area contributed by atoms with E-state index in [1.165, 1.54) is 16.7 Å². The lowest BCUT2D eigenvalue weighted by atomic mass is 9.85. The highest BCUT2D eigenvalue weighted by molar-refractivity contribution is 5.73. The Kier molecular flexibility index (Phi) is 6.79. The van der Waals surface area contributed by atoms with E-state index < -0.39 is 0 Å². The van der Waals surface area contributed by atoms with Crippen LogP contribution in [0.4, 0.5) is 23.0 Å². The zero-order valence-corrected chi connectivity index (χ0v) is 22.1. The normalized spacial score (nSPS) is 17.2. The lowest BCUT2D eigenvalue weighted by Gasteiger charge is -2.49. The molecule has 6 N–H and O–H groups in total. The van der Waals surface area contributed by atoms with Crippen LogP contribution in [0, 0.1) is 13.8 Å². The number of aryl methyl sites for hydroxylation is 2. The number of hydrogen-bond acceptors (Lipinski definition) is 8. The van der Waals surface area contributed by atoms with Crippen molar-refractivity contribution in [3.8, 4) is 0 Å². The number of benzene rings is 2. The molecule has 37 heavy (non-hydrogen) atoms. The molecule has 0 bridgehead atoms. The minimum Gasteiger partial charge on any atom is -0.397 e. The van der Waals surface area contributed by atoms with Gasteiger partial charge < -0.3 is 21.4 Å². The maximum absolute atomic E-state index is 6.12. The van der Waals surface area contributed by atoms with Crippen molar-refractivity contribution in [1.29, 1.82) is 0 Å². The molecule has 2 aliphatic heterocycles. The average Bonchev–Trinajstić information content (AvgIpc) is 2.88. The molecule has 2 aromatic carbocycles. The third kappa shape index (κ3) is 5.26. The molecule has 1 fully saturated rings. The molecule has 3 heterocycles. The quantitative estimate of drug-likeness (QED) is 0.222. The Morgan fingerprint density at radius 2 is 1.78 bits per heavy atom. The number of fused-ring (bicyclic) bond motifs is 1. The number of rotatable bonds is 6. The Bertz CT molecular complexity index is 1290. The smallest absolute Gasteiger partial charge is 0.227 e. The fourth-order valence-electron chi connectivity index (χ4n) is 5.64. The third-order valence-electron chi connectivity index (χ3n) is 7.94. The van der Waals surface area contributed by atoms with Crippen molar-refractivity contribution in [2.24, 2.45) is 5.84 Å². The molecule has 3 aromatic rings. The second kappa shape index (κ2) is 10.0. The van der Waals surface area contributed by atoms with Gasteiger partial charge in [0, 0.05) is 61.3 Å². The van der Waals surface area contributed by atoms with Crippen LogP contribution in [0.3, 0.4) is 0 Å². The van der Waals surface area contributed by atoms with Crippen molar-refractivity contribution in [1.82, 2.24) is 19.8 Å². The first-order valence-corrected chi connectivity index (χ1v) is 13.0. The van der Waals surface area contributed by atoms with E-state index in [-0.39, 0.29) is 5.54 Å². The van der Waals surface area contributed by atoms with E-state index >= 15 is 0 Å². The molecule has 1 saturated heterocycles. The Balaban J connectivity index is 1.21. The number of hydrogen-bond donors (Lipinski definition) is 4. The van der Waals surface area contributed by atoms with Gasteiger partial charge in [0.2, 0.25) is 5.95 Å². The maximum Gasteiger partial charge on any atom is 0.227 e. The molecule has 0 aliphatic carbocycles. The maximum atomic E-state index is 6.12. The van der Waals surface area contributed by atoms with Crippen molar-refractivity contribution in [3.63, 3.8) is 0 Å². The van der Waals surface area contributed by atoms with Gasteiger partial charge in [-0.2, -0.15) is 0 Å². The summed E-state index contributed by atoms with van der Waals surface area (Å²) >= 11 is 0. The van der Waals surface area contributed by atoms with E-state index in [4.69, 9.17) is 16.6 Å². The zero-order valence-electron chi connectivity index (χ0n) is 22.1. The largest absolute Gasteiger partial charge is 0.397 e. The molecule has 8 heteroatoms. The predicted octanol–water partition coefficient (Wildman–Crippen LogP) is 4.59. The second-order valence-corrected chi connectivity index (χ2v) is 10.7. The molecule has 0 radical (unpaired) electrons. The number of anilines is 4. The Morgan fingerprint density at radius 1 is 1.05 bits per heavy atom. The summed E-state index contributed by atoms with van der Waals surface area (Å²) in [6.45, 7) is 14.8. The van der Waals surface area contributed by atoms with Gasteiger partial charge in [0.05, 0.1) is 17.1 Å². The Labute approximate surface area is 219 Å². The summed E-state index contributed by atoms with van der Waals surface area (Å²) in [6.07, 6.45) is 5.09. The summed E-state index contributed by atoms with van der Waals surface area (Å²) < 4.78 is 0. The number of nitrogens with one attached hydrogen (secondary N) is 2. The minimum absolute atomic E-state index is 0.136. The highest BCUT2D eigenvalue weighted by Gasteiger charge is 2.37. The number of aromatic nitrogens is 2. The first kappa shape index (κ1) is 25.0. The summed E-state index contributed by atoms with van der Waals surface area (Å²) in [7, 11) is 0. The van der Waals surface area contributed by atoms with Gasteiger partial charge >= 0.3 is 0 Å². The lowest BCUT2D eigenvalue weighted by Crippen LogP contribution is -2.54. The Morgan fingerprint density at radius 3 is 2.46 bits per heavy atom. The van der Waals surface area contributed by atoms with Crippen LogP contribution in [0.5, 0.6) is 0 Å². The van der Waals surface area contributed by atoms with Crippen LogP contribution in [-0.2, 0) is 13.0 Å². The van der Waals surface area contributed by atoms with Crippen molar-refractivity contribution in [2.45, 2.75) is 52.1 Å². The van der Waals surface area contributed by atoms with E-state index in [9.17, 15) is 0 Å². The van der Waals surface area contributed by atoms with E-state index in [1.807, 2.05) is 24.4 Å². The SMILES string of the molecule is C=C(c1ccc(NN)c(N)c1)N1CCC(C)(N2CCc3nc(Nc4cc(C)cc(C)c4)ncc3C2)CC1. The molecule has 0 unspecified atom stereocenters. The molecule has 8 nitrogen and oxygen atoms in total. The Hall–Kier alpha value is -3.62. The second-order valence-electron chi connectivity index (χ2n) is 10.7. The van der Waals surface area contributed by atoms with Gasteiger partial charge in [-0.05, 0) is 74.6 Å². The molecule has 2 aliphatic rings. The summed E-state index contributed by atoms with van der Waals surface area (Å²) in [5.41, 5.74) is 18.2. The molecule has 0 amide bonds. The highest BCUT2D eigenvalue weighted by atomic mass is 15.2. The van der Waals surface area contributed by atoms with Crippen molar-refractivity contribution >= 4 is 28.7 Å². The van der Waals surface area contributed by atoms with Crippen molar-refractivity contribution in [2.75, 3.05) is 36.1 Å². The third-order valence-corrected chi connectivity index (χ3v) is 7.94. The topological polar surface area (TPSA) is 108 Å². The number of likely N-dealkylation sites (tertiary alicyclic amines) is 1. The molecule has 5 rings (SSSR count). The van der Waals surface area contributed by atoms with Crippen LogP contribution in [-0.4, -0.2) is 44.9 Å². The van der Waals surface area contributed by atoms with E-state index in [0.717, 1.165) is 73.8 Å². The minimum atomic E-state index is 0.136. The zero-order chi connectivity index (χ0) is 26.2. The fourth-order valence-corrected chi connectivity index (χ4v) is 5.64. The van der Waals surface area contributed by atoms with Crippen LogP contribution in [0.25, 0.3) is 5.70 Å². The van der Waals surface area contributed by atoms with Gasteiger partial charge in [0.15, 0.2) is 0 Å². The molecule has 194 valence electrons. The number of nitrogens with zero attached hydrogens (tertiary/aromatic N) is 4. The number of hydrazine groups is 1. The first-order valence-electron chi connectivity index (χ1n) is 13.0. The molecule has 0 atom stereocenters. The number of nitrogens with two attached hydrogens (primary N) is 2.